The SMILES string of the molecule is CCCCCCCCCCC/C=C/C(OC(=O)CCCCCCCCCCCCCCCCCCC)C(COP(=O)([O-])OCC[N+](C)(C)C)NC(=O)CCCCCCCCCCCCCCCCCCCCC. The number of likely N-dealkylation sites (N-methyl/N-ethyl adjacent to an activating group) is 1. The molecule has 0 aromatic heterocycles. The lowest BCUT2D eigenvalue weighted by Crippen LogP contribution is -2.47. The molecule has 0 aliphatic carbocycles. The standard InChI is InChI=1S/C63H125N2O7P/c1-7-10-13-16-19-22-25-27-29-31-32-34-35-37-40-43-46-49-52-55-62(66)64-60(59-71-73(68,69)70-58-57-65(4,5)6)61(54-51-48-45-42-39-24-21-18-15-12-9-3)72-63(67)56-53-50-47-44-41-38-36-33-30-28-26-23-20-17-14-11-8-2/h51,54,60-61H,7-50,52-53,55-59H2,1-6H3,(H-,64,66,68,69)/b54-51+. The first-order valence-corrected chi connectivity index (χ1v) is 33.5. The zero-order valence-electron chi connectivity index (χ0n) is 49.6. The van der Waals surface area contributed by atoms with Crippen LogP contribution < -0.4 is 10.2 Å². The Labute approximate surface area is 454 Å². The highest BCUT2D eigenvalue weighted by Crippen LogP contribution is 2.38. The van der Waals surface area contributed by atoms with Gasteiger partial charge in [-0.2, -0.15) is 0 Å². The molecule has 0 aliphatic rings. The van der Waals surface area contributed by atoms with Crippen LogP contribution in [-0.4, -0.2) is 69.4 Å². The van der Waals surface area contributed by atoms with Gasteiger partial charge in [0.15, 0.2) is 0 Å². The van der Waals surface area contributed by atoms with Gasteiger partial charge in [0.25, 0.3) is 7.82 Å². The number of carbonyl (C=O) groups is 2. The molecule has 0 aliphatic heterocycles. The third kappa shape index (κ3) is 55.3. The molecule has 434 valence electrons. The fourth-order valence-electron chi connectivity index (χ4n) is 9.76. The Morgan fingerprint density at radius 2 is 0.781 bits per heavy atom. The summed E-state index contributed by atoms with van der Waals surface area (Å²) < 4.78 is 30.3. The number of hydrogen-bond donors (Lipinski definition) is 1. The van der Waals surface area contributed by atoms with Crippen molar-refractivity contribution in [1.29, 1.82) is 0 Å². The molecule has 3 unspecified atom stereocenters. The molecular formula is C63H125N2O7P. The first-order valence-electron chi connectivity index (χ1n) is 32.0. The van der Waals surface area contributed by atoms with E-state index < -0.39 is 20.0 Å². The summed E-state index contributed by atoms with van der Waals surface area (Å²) in [5.41, 5.74) is 0. The number of phosphoric ester groups is 1. The zero-order chi connectivity index (χ0) is 53.6. The van der Waals surface area contributed by atoms with Crippen LogP contribution in [0.25, 0.3) is 0 Å². The minimum absolute atomic E-state index is 0.0167. The fourth-order valence-corrected chi connectivity index (χ4v) is 10.5. The van der Waals surface area contributed by atoms with E-state index in [1.807, 2.05) is 33.3 Å². The van der Waals surface area contributed by atoms with E-state index in [1.54, 1.807) is 0 Å². The summed E-state index contributed by atoms with van der Waals surface area (Å²) in [5.74, 6) is -0.518. The monoisotopic (exact) mass is 1050 g/mol. The largest absolute Gasteiger partial charge is 0.756 e. The number of allylic oxidation sites excluding steroid dienone is 1. The summed E-state index contributed by atoms with van der Waals surface area (Å²) >= 11 is 0. The predicted octanol–water partition coefficient (Wildman–Crippen LogP) is 18.9. The van der Waals surface area contributed by atoms with Gasteiger partial charge in [-0.25, -0.2) is 0 Å². The number of rotatable bonds is 59. The average Bonchev–Trinajstić information content (AvgIpc) is 3.35. The highest BCUT2D eigenvalue weighted by Gasteiger charge is 2.27. The van der Waals surface area contributed by atoms with Gasteiger partial charge < -0.3 is 28.5 Å². The minimum Gasteiger partial charge on any atom is -0.756 e. The molecule has 0 bridgehead atoms. The van der Waals surface area contributed by atoms with Crippen molar-refractivity contribution in [2.24, 2.45) is 0 Å². The summed E-state index contributed by atoms with van der Waals surface area (Å²) in [6.45, 7) is 6.90. The molecule has 0 aromatic rings. The van der Waals surface area contributed by atoms with Crippen molar-refractivity contribution in [3.8, 4) is 0 Å². The molecule has 9 nitrogen and oxygen atoms in total. The van der Waals surface area contributed by atoms with Gasteiger partial charge >= 0.3 is 5.97 Å². The molecule has 0 spiro atoms. The molecular weight excluding hydrogens is 928 g/mol. The third-order valence-electron chi connectivity index (χ3n) is 14.7. The van der Waals surface area contributed by atoms with Gasteiger partial charge in [0, 0.05) is 12.8 Å². The molecule has 0 rings (SSSR count). The van der Waals surface area contributed by atoms with Crippen molar-refractivity contribution in [2.45, 2.75) is 341 Å². The highest BCUT2D eigenvalue weighted by atomic mass is 31.2. The Hall–Kier alpha value is -1.25. The second-order valence-electron chi connectivity index (χ2n) is 23.3. The van der Waals surface area contributed by atoms with Gasteiger partial charge in [-0.1, -0.05) is 297 Å². The minimum atomic E-state index is -4.69. The number of amides is 1. The number of quaternary nitrogens is 1. The van der Waals surface area contributed by atoms with E-state index in [0.717, 1.165) is 57.8 Å². The van der Waals surface area contributed by atoms with Crippen LogP contribution in [0.5, 0.6) is 0 Å². The molecule has 0 aromatic carbocycles. The Kier molecular flexibility index (Phi) is 53.2. The molecule has 1 N–H and O–H groups in total. The van der Waals surface area contributed by atoms with Gasteiger partial charge in [0.05, 0.1) is 33.8 Å². The number of nitrogens with zero attached hydrogens (tertiary/aromatic N) is 1. The maximum atomic E-state index is 13.5. The van der Waals surface area contributed by atoms with Crippen LogP contribution in [0, 0.1) is 0 Å². The van der Waals surface area contributed by atoms with Crippen molar-refractivity contribution < 1.29 is 37.3 Å². The van der Waals surface area contributed by atoms with Crippen LogP contribution >= 0.6 is 7.82 Å². The van der Waals surface area contributed by atoms with Gasteiger partial charge in [0.1, 0.15) is 19.3 Å². The van der Waals surface area contributed by atoms with Crippen LogP contribution in [0.1, 0.15) is 329 Å². The lowest BCUT2D eigenvalue weighted by molar-refractivity contribution is -0.870. The first kappa shape index (κ1) is 71.8. The van der Waals surface area contributed by atoms with E-state index in [-0.39, 0.29) is 31.5 Å². The summed E-state index contributed by atoms with van der Waals surface area (Å²) in [4.78, 5) is 40.0. The van der Waals surface area contributed by atoms with E-state index in [2.05, 4.69) is 26.1 Å². The van der Waals surface area contributed by atoms with Gasteiger partial charge in [-0.15, -0.1) is 0 Å². The van der Waals surface area contributed by atoms with Crippen molar-refractivity contribution in [1.82, 2.24) is 5.32 Å². The fraction of sp³-hybridized carbons (Fsp3) is 0.937. The third-order valence-corrected chi connectivity index (χ3v) is 15.7. The van der Waals surface area contributed by atoms with Crippen LogP contribution in [0.15, 0.2) is 12.2 Å². The Bertz CT molecular complexity index is 1260. The molecule has 0 radical (unpaired) electrons. The number of hydrogen-bond acceptors (Lipinski definition) is 7. The van der Waals surface area contributed by atoms with E-state index in [1.165, 1.54) is 238 Å². The Balaban J connectivity index is 5.14. The van der Waals surface area contributed by atoms with Gasteiger partial charge in [-0.3, -0.25) is 14.2 Å². The molecule has 0 fully saturated rings. The summed E-state index contributed by atoms with van der Waals surface area (Å²) in [5, 5.41) is 3.04. The number of phosphoric acid groups is 1. The maximum absolute atomic E-state index is 13.5. The van der Waals surface area contributed by atoms with Crippen LogP contribution in [0.4, 0.5) is 0 Å². The summed E-state index contributed by atoms with van der Waals surface area (Å²) in [6.07, 6.45) is 61.8. The van der Waals surface area contributed by atoms with Crippen molar-refractivity contribution in [3.63, 3.8) is 0 Å². The summed E-state index contributed by atoms with van der Waals surface area (Å²) in [7, 11) is 1.21. The number of esters is 1. The van der Waals surface area contributed by atoms with Crippen LogP contribution in [0.2, 0.25) is 0 Å². The molecule has 1 amide bonds. The number of ether oxygens (including phenoxy) is 1. The molecule has 0 saturated carbocycles. The van der Waals surface area contributed by atoms with Gasteiger partial charge in [-0.05, 0) is 31.8 Å². The predicted molar refractivity (Wildman–Crippen MR) is 312 cm³/mol. The van der Waals surface area contributed by atoms with Crippen molar-refractivity contribution in [3.05, 3.63) is 12.2 Å². The van der Waals surface area contributed by atoms with Crippen LogP contribution in [-0.2, 0) is 27.9 Å². The van der Waals surface area contributed by atoms with E-state index >= 15 is 0 Å². The van der Waals surface area contributed by atoms with Crippen molar-refractivity contribution >= 4 is 19.7 Å². The first-order chi connectivity index (χ1) is 35.4. The second kappa shape index (κ2) is 54.1. The normalized spacial score (nSPS) is 13.7. The molecule has 73 heavy (non-hydrogen) atoms. The van der Waals surface area contributed by atoms with E-state index in [4.69, 9.17) is 13.8 Å². The average molecular weight is 1050 g/mol. The second-order valence-corrected chi connectivity index (χ2v) is 24.7. The van der Waals surface area contributed by atoms with E-state index in [9.17, 15) is 19.0 Å². The topological polar surface area (TPSA) is 114 Å². The smallest absolute Gasteiger partial charge is 0.306 e. The lowest BCUT2D eigenvalue weighted by atomic mass is 10.0. The number of carbonyl (C=O) groups excluding carboxylic acids is 2. The zero-order valence-corrected chi connectivity index (χ0v) is 50.5. The van der Waals surface area contributed by atoms with E-state index in [0.29, 0.717) is 17.4 Å². The molecule has 10 heteroatoms. The lowest BCUT2D eigenvalue weighted by Gasteiger charge is -2.30. The summed E-state index contributed by atoms with van der Waals surface area (Å²) in [6, 6.07) is -0.879. The number of nitrogens with one attached hydrogen (secondary N) is 1. The molecule has 0 heterocycles. The Morgan fingerprint density at radius 3 is 1.12 bits per heavy atom. The highest BCUT2D eigenvalue weighted by molar-refractivity contribution is 7.45. The quantitative estimate of drug-likeness (QED) is 0.0212. The molecule has 3 atom stereocenters. The van der Waals surface area contributed by atoms with Crippen LogP contribution in [0.3, 0.4) is 0 Å². The molecule has 0 saturated heterocycles. The van der Waals surface area contributed by atoms with Crippen molar-refractivity contribution in [2.75, 3.05) is 40.9 Å². The maximum Gasteiger partial charge on any atom is 0.306 e. The Morgan fingerprint density at radius 1 is 0.466 bits per heavy atom. The number of unbranched alkanes of at least 4 members (excludes halogenated alkanes) is 43. The van der Waals surface area contributed by atoms with Gasteiger partial charge in [0.2, 0.25) is 5.91 Å².